The zero-order chi connectivity index (χ0) is 13.2. The van der Waals surface area contributed by atoms with E-state index >= 15 is 0 Å². The first-order chi connectivity index (χ1) is 9.22. The molecule has 100 valence electrons. The molecule has 0 saturated carbocycles. The van der Waals surface area contributed by atoms with Gasteiger partial charge in [-0.2, -0.15) is 11.8 Å². The van der Waals surface area contributed by atoms with Crippen molar-refractivity contribution in [1.82, 2.24) is 14.7 Å². The quantitative estimate of drug-likeness (QED) is 0.917. The molecule has 1 saturated heterocycles. The Kier molecular flexibility index (Phi) is 3.57. The number of nitrogens with zero attached hydrogens (tertiary/aromatic N) is 2. The molecule has 0 unspecified atom stereocenters. The molecule has 19 heavy (non-hydrogen) atoms. The first kappa shape index (κ1) is 12.7. The molecule has 0 bridgehead atoms. The summed E-state index contributed by atoms with van der Waals surface area (Å²) in [4.78, 5) is 16.6. The summed E-state index contributed by atoms with van der Waals surface area (Å²) in [5, 5.41) is 3.27. The van der Waals surface area contributed by atoms with Gasteiger partial charge in [-0.05, 0) is 43.3 Å². The van der Waals surface area contributed by atoms with Gasteiger partial charge in [-0.15, -0.1) is 0 Å². The number of thioether (sulfide) groups is 1. The molecule has 2 aromatic rings. The highest BCUT2D eigenvalue weighted by molar-refractivity contribution is 7.98. The minimum atomic E-state index is 0.00890. The lowest BCUT2D eigenvalue weighted by Crippen LogP contribution is -2.43. The first-order valence-corrected chi connectivity index (χ1v) is 7.65. The fourth-order valence-electron chi connectivity index (χ4n) is 2.13. The van der Waals surface area contributed by atoms with Crippen molar-refractivity contribution in [2.24, 2.45) is 5.92 Å². The van der Waals surface area contributed by atoms with Gasteiger partial charge in [-0.3, -0.25) is 9.20 Å². The average molecular weight is 275 g/mol. The van der Waals surface area contributed by atoms with Crippen molar-refractivity contribution in [2.45, 2.75) is 12.7 Å². The minimum Gasteiger partial charge on any atom is -0.316 e. The molecule has 1 N–H and O–H groups in total. The molecule has 1 aliphatic rings. The van der Waals surface area contributed by atoms with Crippen molar-refractivity contribution in [3.8, 4) is 0 Å². The van der Waals surface area contributed by atoms with Crippen LogP contribution in [-0.2, 0) is 5.75 Å². The van der Waals surface area contributed by atoms with Gasteiger partial charge in [0.15, 0.2) is 0 Å². The molecule has 3 rings (SSSR count). The Hall–Kier alpha value is -1.33. The highest BCUT2D eigenvalue weighted by Gasteiger charge is 2.16. The van der Waals surface area contributed by atoms with Crippen LogP contribution >= 0.6 is 11.8 Å². The van der Waals surface area contributed by atoms with E-state index < -0.39 is 0 Å². The number of rotatable bonds is 4. The van der Waals surface area contributed by atoms with E-state index in [1.54, 1.807) is 10.5 Å². The van der Waals surface area contributed by atoms with Crippen LogP contribution in [0.1, 0.15) is 11.3 Å². The highest BCUT2D eigenvalue weighted by Crippen LogP contribution is 2.16. The summed E-state index contributed by atoms with van der Waals surface area (Å²) < 4.78 is 1.61. The monoisotopic (exact) mass is 275 g/mol. The van der Waals surface area contributed by atoms with Gasteiger partial charge in [-0.25, -0.2) is 4.98 Å². The van der Waals surface area contributed by atoms with Gasteiger partial charge in [0.2, 0.25) is 0 Å². The van der Waals surface area contributed by atoms with E-state index in [4.69, 9.17) is 0 Å². The molecule has 0 spiro atoms. The van der Waals surface area contributed by atoms with Gasteiger partial charge < -0.3 is 5.32 Å². The Labute approximate surface area is 116 Å². The maximum atomic E-state index is 12.0. The first-order valence-electron chi connectivity index (χ1n) is 6.50. The van der Waals surface area contributed by atoms with Crippen LogP contribution in [0.5, 0.6) is 0 Å². The van der Waals surface area contributed by atoms with Crippen LogP contribution in [-0.4, -0.2) is 28.2 Å². The molecular formula is C14H17N3OS. The lowest BCUT2D eigenvalue weighted by atomic mass is 10.1. The number of nitrogens with one attached hydrogen (secondary N) is 1. The number of pyridine rings is 1. The SMILES string of the molecule is Cc1ccc2nc(CSCC3CNC3)cc(=O)n2c1. The Morgan fingerprint density at radius 1 is 1.47 bits per heavy atom. The predicted molar refractivity (Wildman–Crippen MR) is 78.7 cm³/mol. The number of hydrogen-bond donors (Lipinski definition) is 1. The summed E-state index contributed by atoms with van der Waals surface area (Å²) in [6.45, 7) is 4.22. The molecule has 1 fully saturated rings. The fraction of sp³-hybridized carbons (Fsp3) is 0.429. The van der Waals surface area contributed by atoms with Crippen LogP contribution in [0.4, 0.5) is 0 Å². The molecule has 1 aliphatic heterocycles. The Morgan fingerprint density at radius 2 is 2.32 bits per heavy atom. The second kappa shape index (κ2) is 5.35. The largest absolute Gasteiger partial charge is 0.316 e. The summed E-state index contributed by atoms with van der Waals surface area (Å²) >= 11 is 1.86. The van der Waals surface area contributed by atoms with Crippen molar-refractivity contribution in [1.29, 1.82) is 0 Å². The third kappa shape index (κ3) is 2.82. The van der Waals surface area contributed by atoms with E-state index in [1.807, 2.05) is 37.0 Å². The number of aryl methyl sites for hydroxylation is 1. The smallest absolute Gasteiger partial charge is 0.258 e. The summed E-state index contributed by atoms with van der Waals surface area (Å²) in [5.74, 6) is 2.74. The van der Waals surface area contributed by atoms with Gasteiger partial charge in [0, 0.05) is 18.0 Å². The summed E-state index contributed by atoms with van der Waals surface area (Å²) in [6.07, 6.45) is 1.83. The second-order valence-corrected chi connectivity index (χ2v) is 6.09. The number of fused-ring (bicyclic) bond motifs is 1. The highest BCUT2D eigenvalue weighted by atomic mass is 32.2. The van der Waals surface area contributed by atoms with E-state index in [1.165, 1.54) is 0 Å². The zero-order valence-electron chi connectivity index (χ0n) is 10.9. The van der Waals surface area contributed by atoms with Crippen LogP contribution in [0, 0.1) is 12.8 Å². The molecule has 0 amide bonds. The van der Waals surface area contributed by atoms with Gasteiger partial charge in [0.05, 0.1) is 5.69 Å². The van der Waals surface area contributed by atoms with Crippen molar-refractivity contribution < 1.29 is 0 Å². The summed E-state index contributed by atoms with van der Waals surface area (Å²) in [6, 6.07) is 5.54. The normalized spacial score (nSPS) is 15.6. The van der Waals surface area contributed by atoms with Crippen molar-refractivity contribution in [2.75, 3.05) is 18.8 Å². The van der Waals surface area contributed by atoms with Crippen LogP contribution in [0.15, 0.2) is 29.2 Å². The van der Waals surface area contributed by atoms with Crippen LogP contribution in [0.2, 0.25) is 0 Å². The lowest BCUT2D eigenvalue weighted by molar-refractivity contribution is 0.385. The average Bonchev–Trinajstić information content (AvgIpc) is 2.33. The molecule has 0 aliphatic carbocycles. The molecular weight excluding hydrogens is 258 g/mol. The Bertz CT molecular complexity index is 649. The van der Waals surface area contributed by atoms with Crippen molar-refractivity contribution in [3.63, 3.8) is 0 Å². The molecule has 0 radical (unpaired) electrons. The van der Waals surface area contributed by atoms with E-state index in [0.29, 0.717) is 0 Å². The maximum absolute atomic E-state index is 12.0. The molecule has 0 atom stereocenters. The van der Waals surface area contributed by atoms with E-state index in [-0.39, 0.29) is 5.56 Å². The second-order valence-electron chi connectivity index (χ2n) is 5.06. The van der Waals surface area contributed by atoms with Gasteiger partial charge in [0.25, 0.3) is 5.56 Å². The van der Waals surface area contributed by atoms with E-state index in [0.717, 1.165) is 47.4 Å². The Morgan fingerprint density at radius 3 is 3.05 bits per heavy atom. The lowest BCUT2D eigenvalue weighted by Gasteiger charge is -2.26. The minimum absolute atomic E-state index is 0.00890. The molecule has 3 heterocycles. The van der Waals surface area contributed by atoms with Gasteiger partial charge >= 0.3 is 0 Å². The zero-order valence-corrected chi connectivity index (χ0v) is 11.7. The number of aromatic nitrogens is 2. The van der Waals surface area contributed by atoms with Crippen LogP contribution in [0.25, 0.3) is 5.65 Å². The van der Waals surface area contributed by atoms with Crippen molar-refractivity contribution >= 4 is 17.4 Å². The third-order valence-electron chi connectivity index (χ3n) is 3.33. The summed E-state index contributed by atoms with van der Waals surface area (Å²) in [7, 11) is 0. The Balaban J connectivity index is 1.76. The topological polar surface area (TPSA) is 46.4 Å². The predicted octanol–water partition coefficient (Wildman–Crippen LogP) is 1.46. The molecule has 4 nitrogen and oxygen atoms in total. The molecule has 0 aromatic carbocycles. The van der Waals surface area contributed by atoms with Gasteiger partial charge in [0.1, 0.15) is 5.65 Å². The number of hydrogen-bond acceptors (Lipinski definition) is 4. The fourth-order valence-corrected chi connectivity index (χ4v) is 3.17. The molecule has 2 aromatic heterocycles. The van der Waals surface area contributed by atoms with E-state index in [9.17, 15) is 4.79 Å². The van der Waals surface area contributed by atoms with Crippen LogP contribution in [0.3, 0.4) is 0 Å². The van der Waals surface area contributed by atoms with Gasteiger partial charge in [-0.1, -0.05) is 6.07 Å². The maximum Gasteiger partial charge on any atom is 0.258 e. The van der Waals surface area contributed by atoms with Crippen LogP contribution < -0.4 is 10.9 Å². The third-order valence-corrected chi connectivity index (χ3v) is 4.54. The van der Waals surface area contributed by atoms with Crippen molar-refractivity contribution in [3.05, 3.63) is 46.0 Å². The molecule has 5 heteroatoms. The summed E-state index contributed by atoms with van der Waals surface area (Å²) in [5.41, 5.74) is 2.69. The van der Waals surface area contributed by atoms with E-state index in [2.05, 4.69) is 10.3 Å². The standard InChI is InChI=1S/C14H17N3OS/c1-10-2-3-13-16-12(4-14(18)17(13)7-10)9-19-8-11-5-15-6-11/h2-4,7,11,15H,5-6,8-9H2,1H3.